The lowest BCUT2D eigenvalue weighted by Gasteiger charge is -2.09. The minimum absolute atomic E-state index is 0.0637. The molecule has 0 radical (unpaired) electrons. The number of nitro benzene ring substituents is 1. The van der Waals surface area contributed by atoms with Gasteiger partial charge < -0.3 is 5.11 Å². The fraction of sp³-hybridized carbons (Fsp3) is 0.0625. The summed E-state index contributed by atoms with van der Waals surface area (Å²) in [5.74, 6) is -3.87. The lowest BCUT2D eigenvalue weighted by Crippen LogP contribution is -2.17. The number of hydrogen-bond donors (Lipinski definition) is 2. The number of rotatable bonds is 8. The molecule has 2 aromatic rings. The zero-order valence-corrected chi connectivity index (χ0v) is 15.4. The number of sulfonamides is 1. The van der Waals surface area contributed by atoms with Crippen LogP contribution >= 0.6 is 11.6 Å². The molecule has 0 bridgehead atoms. The molecular weight excluding hydrogens is 416 g/mol. The predicted octanol–water partition coefficient (Wildman–Crippen LogP) is 2.28. The number of nitrogens with one attached hydrogen (secondary N) is 1. The topological polar surface area (TPSA) is 161 Å². The van der Waals surface area contributed by atoms with Gasteiger partial charge in [0, 0.05) is 17.3 Å². The normalized spacial score (nSPS) is 10.9. The van der Waals surface area contributed by atoms with Crippen molar-refractivity contribution in [3.8, 4) is 0 Å². The van der Waals surface area contributed by atoms with Crippen molar-refractivity contribution in [3.05, 3.63) is 63.2 Å². The first-order valence-corrected chi connectivity index (χ1v) is 9.23. The molecule has 0 atom stereocenters. The van der Waals surface area contributed by atoms with E-state index >= 15 is 0 Å². The summed E-state index contributed by atoms with van der Waals surface area (Å²) in [6.45, 7) is 0. The summed E-state index contributed by atoms with van der Waals surface area (Å²) >= 11 is 5.66. The third-order valence-corrected chi connectivity index (χ3v) is 5.12. The summed E-state index contributed by atoms with van der Waals surface area (Å²) in [5, 5.41) is 19.2. The van der Waals surface area contributed by atoms with E-state index in [0.717, 1.165) is 24.3 Å². The molecule has 0 saturated heterocycles. The highest BCUT2D eigenvalue weighted by molar-refractivity contribution is 7.92. The first kappa shape index (κ1) is 21.0. The zero-order valence-electron chi connectivity index (χ0n) is 13.8. The van der Waals surface area contributed by atoms with Crippen molar-refractivity contribution in [2.24, 2.45) is 0 Å². The largest absolute Gasteiger partial charge is 0.475 e. The number of ketones is 2. The van der Waals surface area contributed by atoms with Gasteiger partial charge in [0.15, 0.2) is 5.78 Å². The Bertz CT molecular complexity index is 1100. The van der Waals surface area contributed by atoms with Crippen LogP contribution in [0.15, 0.2) is 47.4 Å². The molecule has 0 spiro atoms. The molecule has 28 heavy (non-hydrogen) atoms. The van der Waals surface area contributed by atoms with Crippen LogP contribution in [0.25, 0.3) is 0 Å². The number of anilines is 1. The molecule has 12 heteroatoms. The van der Waals surface area contributed by atoms with Crippen molar-refractivity contribution in [1.82, 2.24) is 0 Å². The van der Waals surface area contributed by atoms with Crippen LogP contribution in [-0.4, -0.2) is 36.0 Å². The predicted molar refractivity (Wildman–Crippen MR) is 96.9 cm³/mol. The van der Waals surface area contributed by atoms with Crippen molar-refractivity contribution in [2.45, 2.75) is 11.3 Å². The highest BCUT2D eigenvalue weighted by atomic mass is 35.5. The van der Waals surface area contributed by atoms with E-state index in [0.29, 0.717) is 0 Å². The molecule has 0 aromatic heterocycles. The Morgan fingerprint density at radius 2 is 1.82 bits per heavy atom. The Hall–Kier alpha value is -3.31. The van der Waals surface area contributed by atoms with Gasteiger partial charge in [-0.1, -0.05) is 23.7 Å². The second-order valence-electron chi connectivity index (χ2n) is 5.38. The van der Waals surface area contributed by atoms with E-state index in [9.17, 15) is 32.9 Å². The Labute approximate surface area is 162 Å². The molecule has 10 nitrogen and oxygen atoms in total. The molecule has 2 aromatic carbocycles. The monoisotopic (exact) mass is 426 g/mol. The number of carboxylic acid groups (broad SMARTS) is 1. The van der Waals surface area contributed by atoms with Gasteiger partial charge >= 0.3 is 5.97 Å². The summed E-state index contributed by atoms with van der Waals surface area (Å²) in [4.78, 5) is 43.3. The lowest BCUT2D eigenvalue weighted by atomic mass is 10.1. The quantitative estimate of drug-likeness (QED) is 0.213. The zero-order chi connectivity index (χ0) is 21.1. The van der Waals surface area contributed by atoms with E-state index in [1.165, 1.54) is 18.2 Å². The molecule has 0 aliphatic carbocycles. The van der Waals surface area contributed by atoms with Gasteiger partial charge in [-0.05, 0) is 24.3 Å². The number of carboxylic acids is 1. The standard InChI is InChI=1S/C16H11ClN2O8S/c17-12-5-4-11(7-13(12)19(24)25)28(26,27)18-10-3-1-2-9(6-10)14(20)8-15(21)16(22)23/h1-7,18H,8H2,(H,22,23). The van der Waals surface area contributed by atoms with Gasteiger partial charge in [0.2, 0.25) is 5.78 Å². The fourth-order valence-corrected chi connectivity index (χ4v) is 3.35. The summed E-state index contributed by atoms with van der Waals surface area (Å²) in [6, 6.07) is 7.93. The summed E-state index contributed by atoms with van der Waals surface area (Å²) in [6.07, 6.45) is -0.880. The SMILES string of the molecule is O=C(O)C(=O)CC(=O)c1cccc(NS(=O)(=O)c2ccc(Cl)c([N+](=O)[O-])c2)c1. The van der Waals surface area contributed by atoms with E-state index in [1.807, 2.05) is 0 Å². The highest BCUT2D eigenvalue weighted by Gasteiger charge is 2.22. The molecule has 2 rings (SSSR count). The number of benzene rings is 2. The van der Waals surface area contributed by atoms with Crippen LogP contribution in [0, 0.1) is 10.1 Å². The number of nitrogens with zero attached hydrogens (tertiary/aromatic N) is 1. The Morgan fingerprint density at radius 3 is 2.43 bits per heavy atom. The van der Waals surface area contributed by atoms with E-state index in [-0.39, 0.29) is 16.3 Å². The maximum Gasteiger partial charge on any atom is 0.372 e. The van der Waals surface area contributed by atoms with Crippen LogP contribution in [0.2, 0.25) is 5.02 Å². The van der Waals surface area contributed by atoms with Crippen molar-refractivity contribution in [3.63, 3.8) is 0 Å². The molecule has 0 unspecified atom stereocenters. The minimum Gasteiger partial charge on any atom is -0.475 e. The number of carbonyl (C=O) groups is 3. The molecule has 0 saturated carbocycles. The van der Waals surface area contributed by atoms with Crippen molar-refractivity contribution < 1.29 is 32.8 Å². The van der Waals surface area contributed by atoms with E-state index in [1.54, 1.807) is 0 Å². The number of Topliss-reactive ketones (excluding diaryl/α,β-unsaturated/α-hetero) is 2. The molecule has 0 fully saturated rings. The van der Waals surface area contributed by atoms with Crippen LogP contribution in [0.3, 0.4) is 0 Å². The van der Waals surface area contributed by atoms with E-state index in [4.69, 9.17) is 16.7 Å². The van der Waals surface area contributed by atoms with E-state index < -0.39 is 49.5 Å². The van der Waals surface area contributed by atoms with Crippen LogP contribution in [0.5, 0.6) is 0 Å². The van der Waals surface area contributed by atoms with E-state index in [2.05, 4.69) is 4.72 Å². The molecular formula is C16H11ClN2O8S. The number of halogens is 1. The van der Waals surface area contributed by atoms with Crippen molar-refractivity contribution in [1.29, 1.82) is 0 Å². The van der Waals surface area contributed by atoms with Crippen LogP contribution in [-0.2, 0) is 19.6 Å². The maximum atomic E-state index is 12.4. The summed E-state index contributed by atoms with van der Waals surface area (Å²) in [5.41, 5.74) is -0.747. The third kappa shape index (κ3) is 4.90. The van der Waals surface area contributed by atoms with Gasteiger partial charge in [-0.3, -0.25) is 24.4 Å². The first-order chi connectivity index (χ1) is 13.0. The Morgan fingerprint density at radius 1 is 1.14 bits per heavy atom. The number of nitro groups is 1. The Kier molecular flexibility index (Phi) is 6.11. The molecule has 0 amide bonds. The molecule has 0 heterocycles. The van der Waals surface area contributed by atoms with Crippen LogP contribution in [0.4, 0.5) is 11.4 Å². The minimum atomic E-state index is -4.25. The smallest absolute Gasteiger partial charge is 0.372 e. The summed E-state index contributed by atoms with van der Waals surface area (Å²) < 4.78 is 27.0. The van der Waals surface area contributed by atoms with Crippen molar-refractivity contribution >= 4 is 50.5 Å². The van der Waals surface area contributed by atoms with Gasteiger partial charge in [-0.2, -0.15) is 0 Å². The van der Waals surface area contributed by atoms with Gasteiger partial charge in [-0.25, -0.2) is 13.2 Å². The molecule has 2 N–H and O–H groups in total. The molecule has 146 valence electrons. The number of hydrogen-bond acceptors (Lipinski definition) is 7. The third-order valence-electron chi connectivity index (χ3n) is 3.42. The van der Waals surface area contributed by atoms with Crippen LogP contribution in [0.1, 0.15) is 16.8 Å². The van der Waals surface area contributed by atoms with Gasteiger partial charge in [-0.15, -0.1) is 0 Å². The van der Waals surface area contributed by atoms with Gasteiger partial charge in [0.25, 0.3) is 15.7 Å². The van der Waals surface area contributed by atoms with Crippen LogP contribution < -0.4 is 4.72 Å². The fourth-order valence-electron chi connectivity index (χ4n) is 2.09. The molecule has 0 aliphatic heterocycles. The average molecular weight is 427 g/mol. The lowest BCUT2D eigenvalue weighted by molar-refractivity contribution is -0.384. The average Bonchev–Trinajstić information content (AvgIpc) is 2.61. The highest BCUT2D eigenvalue weighted by Crippen LogP contribution is 2.28. The molecule has 0 aliphatic rings. The van der Waals surface area contributed by atoms with Gasteiger partial charge in [0.1, 0.15) is 5.02 Å². The second-order valence-corrected chi connectivity index (χ2v) is 7.47. The first-order valence-electron chi connectivity index (χ1n) is 7.37. The van der Waals surface area contributed by atoms with Gasteiger partial charge in [0.05, 0.1) is 16.2 Å². The summed E-state index contributed by atoms with van der Waals surface area (Å²) in [7, 11) is -4.25. The maximum absolute atomic E-state index is 12.4. The number of carbonyl (C=O) groups excluding carboxylic acids is 2. The van der Waals surface area contributed by atoms with Crippen molar-refractivity contribution in [2.75, 3.05) is 4.72 Å². The second kappa shape index (κ2) is 8.15. The Balaban J connectivity index is 2.29. The number of aliphatic carboxylic acids is 1.